The highest BCUT2D eigenvalue weighted by Gasteiger charge is 2.17. The molecule has 19 heavy (non-hydrogen) atoms. The van der Waals surface area contributed by atoms with Crippen molar-refractivity contribution < 1.29 is 9.53 Å². The first-order valence-electron chi connectivity index (χ1n) is 6.17. The van der Waals surface area contributed by atoms with Crippen molar-refractivity contribution in [3.63, 3.8) is 0 Å². The molecule has 0 saturated carbocycles. The number of amides is 1. The molecule has 0 aliphatic heterocycles. The Balaban J connectivity index is 2.56. The number of carbonyl (C=O) groups excluding carboxylic acids is 1. The second-order valence-corrected chi connectivity index (χ2v) is 6.47. The third-order valence-corrected chi connectivity index (χ3v) is 2.82. The van der Waals surface area contributed by atoms with E-state index in [0.29, 0.717) is 6.54 Å². The van der Waals surface area contributed by atoms with Gasteiger partial charge in [0.05, 0.1) is 0 Å². The molecule has 1 aromatic rings. The van der Waals surface area contributed by atoms with Gasteiger partial charge >= 0.3 is 6.09 Å². The van der Waals surface area contributed by atoms with Gasteiger partial charge in [0, 0.05) is 17.1 Å². The number of hydrogen-bond acceptors (Lipinski definition) is 3. The van der Waals surface area contributed by atoms with E-state index in [1.807, 2.05) is 45.9 Å². The molecule has 0 radical (unpaired) electrons. The number of rotatable bonds is 3. The van der Waals surface area contributed by atoms with E-state index < -0.39 is 11.7 Å². The van der Waals surface area contributed by atoms with Gasteiger partial charge in [-0.3, -0.25) is 0 Å². The maximum atomic E-state index is 11.5. The van der Waals surface area contributed by atoms with E-state index in [9.17, 15) is 4.79 Å². The lowest BCUT2D eigenvalue weighted by atomic mass is 10.1. The summed E-state index contributed by atoms with van der Waals surface area (Å²) in [6.07, 6.45) is -0.449. The number of benzene rings is 1. The molecule has 0 aliphatic rings. The minimum atomic E-state index is -0.499. The molecule has 0 saturated heterocycles. The summed E-state index contributed by atoms with van der Waals surface area (Å²) in [5.74, 6) is 0. The lowest BCUT2D eigenvalue weighted by molar-refractivity contribution is 0.0524. The quantitative estimate of drug-likeness (QED) is 0.894. The van der Waals surface area contributed by atoms with Crippen LogP contribution in [0.15, 0.2) is 22.7 Å². The molecule has 0 spiro atoms. The number of halogens is 1. The average Bonchev–Trinajstić information content (AvgIpc) is 2.22. The van der Waals surface area contributed by atoms with Crippen molar-refractivity contribution in [1.82, 2.24) is 5.32 Å². The number of nitrogens with one attached hydrogen (secondary N) is 1. The van der Waals surface area contributed by atoms with Gasteiger partial charge in [0.15, 0.2) is 0 Å². The monoisotopic (exact) mass is 328 g/mol. The Morgan fingerprint density at radius 2 is 2.05 bits per heavy atom. The van der Waals surface area contributed by atoms with E-state index in [1.165, 1.54) is 0 Å². The Hall–Kier alpha value is -1.07. The molecule has 1 atom stereocenters. The van der Waals surface area contributed by atoms with Crippen LogP contribution in [0.5, 0.6) is 0 Å². The molecule has 1 amide bonds. The largest absolute Gasteiger partial charge is 0.444 e. The van der Waals surface area contributed by atoms with E-state index in [0.717, 1.165) is 15.6 Å². The van der Waals surface area contributed by atoms with Gasteiger partial charge in [0.2, 0.25) is 0 Å². The summed E-state index contributed by atoms with van der Waals surface area (Å²) in [6.45, 7) is 7.81. The Labute approximate surface area is 122 Å². The van der Waals surface area contributed by atoms with Crippen LogP contribution in [0.4, 0.5) is 4.79 Å². The molecule has 0 fully saturated rings. The topological polar surface area (TPSA) is 64.3 Å². The van der Waals surface area contributed by atoms with E-state index in [1.54, 1.807) is 0 Å². The van der Waals surface area contributed by atoms with Crippen LogP contribution in [0.1, 0.15) is 37.9 Å². The Morgan fingerprint density at radius 3 is 2.58 bits per heavy atom. The fourth-order valence-corrected chi connectivity index (χ4v) is 2.23. The number of carbonyl (C=O) groups is 1. The van der Waals surface area contributed by atoms with Crippen LogP contribution in [0.2, 0.25) is 0 Å². The fraction of sp³-hybridized carbons (Fsp3) is 0.500. The number of alkyl carbamates (subject to hydrolysis) is 1. The summed E-state index contributed by atoms with van der Waals surface area (Å²) in [5.41, 5.74) is 7.65. The van der Waals surface area contributed by atoms with Gasteiger partial charge < -0.3 is 15.8 Å². The highest BCUT2D eigenvalue weighted by molar-refractivity contribution is 9.10. The fourth-order valence-electron chi connectivity index (χ4n) is 1.60. The predicted octanol–water partition coefficient (Wildman–Crippen LogP) is 3.28. The van der Waals surface area contributed by atoms with Crippen LogP contribution in [0.3, 0.4) is 0 Å². The van der Waals surface area contributed by atoms with Gasteiger partial charge in [0.1, 0.15) is 5.60 Å². The second-order valence-electron chi connectivity index (χ2n) is 5.55. The SMILES string of the molecule is Cc1cc(Br)cc(C(N)CNC(=O)OC(C)(C)C)c1. The Bertz CT molecular complexity index is 435. The summed E-state index contributed by atoms with van der Waals surface area (Å²) in [6, 6.07) is 5.71. The first-order valence-corrected chi connectivity index (χ1v) is 6.96. The van der Waals surface area contributed by atoms with Gasteiger partial charge in [0.25, 0.3) is 0 Å². The zero-order valence-corrected chi connectivity index (χ0v) is 13.4. The molecule has 5 heteroatoms. The minimum Gasteiger partial charge on any atom is -0.444 e. The molecule has 106 valence electrons. The van der Waals surface area contributed by atoms with Crippen LogP contribution < -0.4 is 11.1 Å². The summed E-state index contributed by atoms with van der Waals surface area (Å²) in [7, 11) is 0. The van der Waals surface area contributed by atoms with Gasteiger partial charge in [-0.15, -0.1) is 0 Å². The first-order chi connectivity index (χ1) is 8.67. The maximum absolute atomic E-state index is 11.5. The standard InChI is InChI=1S/C14H21BrN2O2/c1-9-5-10(7-11(15)6-9)12(16)8-17-13(18)19-14(2,3)4/h5-7,12H,8,16H2,1-4H3,(H,17,18). The van der Waals surface area contributed by atoms with Crippen molar-refractivity contribution in [2.75, 3.05) is 6.54 Å². The minimum absolute atomic E-state index is 0.260. The highest BCUT2D eigenvalue weighted by atomic mass is 79.9. The molecule has 0 aliphatic carbocycles. The predicted molar refractivity (Wildman–Crippen MR) is 80.0 cm³/mol. The molecular weight excluding hydrogens is 308 g/mol. The summed E-state index contributed by atoms with van der Waals surface area (Å²) in [4.78, 5) is 11.5. The Kier molecular flexibility index (Phi) is 5.38. The molecule has 1 rings (SSSR count). The van der Waals surface area contributed by atoms with Crippen molar-refractivity contribution >= 4 is 22.0 Å². The first kappa shape index (κ1) is 16.0. The molecule has 0 bridgehead atoms. The van der Waals surface area contributed by atoms with Crippen molar-refractivity contribution in [2.45, 2.75) is 39.3 Å². The summed E-state index contributed by atoms with van der Waals surface area (Å²) in [5, 5.41) is 2.67. The van der Waals surface area contributed by atoms with E-state index in [4.69, 9.17) is 10.5 Å². The van der Waals surface area contributed by atoms with Gasteiger partial charge in [-0.2, -0.15) is 0 Å². The lowest BCUT2D eigenvalue weighted by Gasteiger charge is -2.21. The van der Waals surface area contributed by atoms with Crippen molar-refractivity contribution in [2.24, 2.45) is 5.73 Å². The zero-order chi connectivity index (χ0) is 14.6. The second kappa shape index (κ2) is 6.39. The molecule has 1 aromatic carbocycles. The zero-order valence-electron chi connectivity index (χ0n) is 11.8. The molecule has 0 aromatic heterocycles. The summed E-state index contributed by atoms with van der Waals surface area (Å²) >= 11 is 3.43. The van der Waals surface area contributed by atoms with Crippen LogP contribution in [0, 0.1) is 6.92 Å². The average molecular weight is 329 g/mol. The number of aryl methyl sites for hydroxylation is 1. The summed E-state index contributed by atoms with van der Waals surface area (Å²) < 4.78 is 6.14. The van der Waals surface area contributed by atoms with Gasteiger partial charge in [-0.05, 0) is 51.0 Å². The van der Waals surface area contributed by atoms with Crippen LogP contribution in [0.25, 0.3) is 0 Å². The molecule has 4 nitrogen and oxygen atoms in total. The van der Waals surface area contributed by atoms with Gasteiger partial charge in [-0.25, -0.2) is 4.79 Å². The van der Waals surface area contributed by atoms with E-state index in [2.05, 4.69) is 21.2 Å². The molecule has 1 unspecified atom stereocenters. The van der Waals surface area contributed by atoms with E-state index in [-0.39, 0.29) is 6.04 Å². The molecular formula is C14H21BrN2O2. The van der Waals surface area contributed by atoms with Crippen molar-refractivity contribution in [3.8, 4) is 0 Å². The maximum Gasteiger partial charge on any atom is 0.407 e. The smallest absolute Gasteiger partial charge is 0.407 e. The lowest BCUT2D eigenvalue weighted by Crippen LogP contribution is -2.36. The third kappa shape index (κ3) is 6.07. The van der Waals surface area contributed by atoms with Crippen LogP contribution >= 0.6 is 15.9 Å². The van der Waals surface area contributed by atoms with Crippen LogP contribution in [-0.2, 0) is 4.74 Å². The van der Waals surface area contributed by atoms with Crippen LogP contribution in [-0.4, -0.2) is 18.2 Å². The number of nitrogens with two attached hydrogens (primary N) is 1. The van der Waals surface area contributed by atoms with Crippen molar-refractivity contribution in [1.29, 1.82) is 0 Å². The van der Waals surface area contributed by atoms with Crippen molar-refractivity contribution in [3.05, 3.63) is 33.8 Å². The third-order valence-electron chi connectivity index (χ3n) is 2.36. The molecule has 0 heterocycles. The van der Waals surface area contributed by atoms with Gasteiger partial charge in [-0.1, -0.05) is 22.0 Å². The highest BCUT2D eigenvalue weighted by Crippen LogP contribution is 2.19. The number of ether oxygens (including phenoxy) is 1. The molecule has 3 N–H and O–H groups in total. The normalized spacial score (nSPS) is 12.9. The number of hydrogen-bond donors (Lipinski definition) is 2. The van der Waals surface area contributed by atoms with E-state index >= 15 is 0 Å². The Morgan fingerprint density at radius 1 is 1.42 bits per heavy atom.